The van der Waals surface area contributed by atoms with Gasteiger partial charge in [0.15, 0.2) is 5.78 Å². The predicted molar refractivity (Wildman–Crippen MR) is 62.3 cm³/mol. The second-order valence-corrected chi connectivity index (χ2v) is 4.89. The number of thioether (sulfide) groups is 1. The molecule has 1 aliphatic heterocycles. The largest absolute Gasteiger partial charge is 0.312 e. The van der Waals surface area contributed by atoms with E-state index >= 15 is 0 Å². The van der Waals surface area contributed by atoms with Gasteiger partial charge in [0.1, 0.15) is 5.82 Å². The Morgan fingerprint density at radius 1 is 1.62 bits per heavy atom. The Kier molecular flexibility index (Phi) is 3.90. The first-order chi connectivity index (χ1) is 7.75. The summed E-state index contributed by atoms with van der Waals surface area (Å²) in [6, 6.07) is 1.44. The van der Waals surface area contributed by atoms with Gasteiger partial charge in [-0.05, 0) is 6.07 Å². The van der Waals surface area contributed by atoms with Gasteiger partial charge in [-0.1, -0.05) is 0 Å². The van der Waals surface area contributed by atoms with E-state index in [0.29, 0.717) is 12.0 Å². The molecule has 16 heavy (non-hydrogen) atoms. The van der Waals surface area contributed by atoms with E-state index in [-0.39, 0.29) is 11.8 Å². The third-order valence-electron chi connectivity index (χ3n) is 2.46. The zero-order chi connectivity index (χ0) is 11.4. The van der Waals surface area contributed by atoms with E-state index in [1.54, 1.807) is 0 Å². The molecular formula is C11H13FN2OS. The molecule has 1 aliphatic rings. The van der Waals surface area contributed by atoms with Gasteiger partial charge in [-0.15, -0.1) is 0 Å². The fourth-order valence-corrected chi connectivity index (χ4v) is 2.61. The summed E-state index contributed by atoms with van der Waals surface area (Å²) >= 11 is 1.84. The normalized spacial score (nSPS) is 20.7. The van der Waals surface area contributed by atoms with Crippen molar-refractivity contribution in [1.82, 2.24) is 10.3 Å². The number of Topliss-reactive ketones (excluding diaryl/α,β-unsaturated/α-hetero) is 1. The van der Waals surface area contributed by atoms with Crippen LogP contribution in [-0.4, -0.2) is 34.9 Å². The molecule has 1 unspecified atom stereocenters. The highest BCUT2D eigenvalue weighted by molar-refractivity contribution is 7.99. The highest BCUT2D eigenvalue weighted by Gasteiger charge is 2.18. The van der Waals surface area contributed by atoms with E-state index in [1.165, 1.54) is 12.3 Å². The van der Waals surface area contributed by atoms with Crippen molar-refractivity contribution < 1.29 is 9.18 Å². The number of nitrogens with one attached hydrogen (secondary N) is 1. The van der Waals surface area contributed by atoms with Gasteiger partial charge in [-0.25, -0.2) is 4.39 Å². The standard InChI is InChI=1S/C11H13FN2OS/c12-9-3-8(5-13-6-9)11(15)4-10-7-16-2-1-14-10/h3,5-6,10,14H,1-2,4,7H2. The third-order valence-corrected chi connectivity index (χ3v) is 3.59. The second kappa shape index (κ2) is 5.41. The molecule has 2 heterocycles. The van der Waals surface area contributed by atoms with Crippen molar-refractivity contribution in [2.24, 2.45) is 0 Å². The number of halogens is 1. The lowest BCUT2D eigenvalue weighted by Crippen LogP contribution is -2.38. The molecule has 3 nitrogen and oxygen atoms in total. The fourth-order valence-electron chi connectivity index (χ4n) is 1.66. The molecule has 1 saturated heterocycles. The molecule has 0 spiro atoms. The molecule has 0 aromatic carbocycles. The number of carbonyl (C=O) groups excluding carboxylic acids is 1. The smallest absolute Gasteiger partial charge is 0.166 e. The average Bonchev–Trinajstić information content (AvgIpc) is 2.30. The van der Waals surface area contributed by atoms with Crippen LogP contribution in [0.1, 0.15) is 16.8 Å². The van der Waals surface area contributed by atoms with Gasteiger partial charge in [0.25, 0.3) is 0 Å². The van der Waals surface area contributed by atoms with Crippen molar-refractivity contribution in [2.45, 2.75) is 12.5 Å². The molecule has 86 valence electrons. The van der Waals surface area contributed by atoms with E-state index in [4.69, 9.17) is 0 Å². The van der Waals surface area contributed by atoms with Crippen molar-refractivity contribution in [3.8, 4) is 0 Å². The Morgan fingerprint density at radius 2 is 2.50 bits per heavy atom. The summed E-state index contributed by atoms with van der Waals surface area (Å²) in [6.45, 7) is 0.935. The molecule has 0 aliphatic carbocycles. The molecule has 0 saturated carbocycles. The van der Waals surface area contributed by atoms with Gasteiger partial charge in [-0.3, -0.25) is 9.78 Å². The average molecular weight is 240 g/mol. The molecule has 1 atom stereocenters. The van der Waals surface area contributed by atoms with Crippen molar-refractivity contribution in [1.29, 1.82) is 0 Å². The number of pyridine rings is 1. The van der Waals surface area contributed by atoms with Crippen molar-refractivity contribution in [3.63, 3.8) is 0 Å². The van der Waals surface area contributed by atoms with E-state index in [1.807, 2.05) is 11.8 Å². The Labute approximate surface area is 97.8 Å². The highest BCUT2D eigenvalue weighted by atomic mass is 32.2. The van der Waals surface area contributed by atoms with Crippen LogP contribution in [0.2, 0.25) is 0 Å². The first-order valence-corrected chi connectivity index (χ1v) is 6.36. The maximum Gasteiger partial charge on any atom is 0.166 e. The zero-order valence-electron chi connectivity index (χ0n) is 8.78. The molecule has 5 heteroatoms. The highest BCUT2D eigenvalue weighted by Crippen LogP contribution is 2.13. The van der Waals surface area contributed by atoms with Crippen LogP contribution in [0.5, 0.6) is 0 Å². The number of hydrogen-bond acceptors (Lipinski definition) is 4. The molecule has 0 bridgehead atoms. The number of hydrogen-bond donors (Lipinski definition) is 1. The van der Waals surface area contributed by atoms with Crippen LogP contribution in [0.25, 0.3) is 0 Å². The molecular weight excluding hydrogens is 227 g/mol. The summed E-state index contributed by atoms with van der Waals surface area (Å²) < 4.78 is 12.9. The number of aromatic nitrogens is 1. The summed E-state index contributed by atoms with van der Waals surface area (Å²) in [7, 11) is 0. The summed E-state index contributed by atoms with van der Waals surface area (Å²) in [6.07, 6.45) is 2.94. The fraction of sp³-hybridized carbons (Fsp3) is 0.455. The Bertz CT molecular complexity index is 380. The minimum atomic E-state index is -0.461. The van der Waals surface area contributed by atoms with Gasteiger partial charge in [0.05, 0.1) is 6.20 Å². The van der Waals surface area contributed by atoms with Crippen LogP contribution < -0.4 is 5.32 Å². The molecule has 1 aromatic rings. The van der Waals surface area contributed by atoms with Crippen molar-refractivity contribution in [3.05, 3.63) is 29.8 Å². The summed E-state index contributed by atoms with van der Waals surface area (Å²) in [5.74, 6) is 1.52. The maximum absolute atomic E-state index is 12.9. The molecule has 1 aromatic heterocycles. The van der Waals surface area contributed by atoms with Crippen LogP contribution >= 0.6 is 11.8 Å². The predicted octanol–water partition coefficient (Wildman–Crippen LogP) is 1.50. The monoisotopic (exact) mass is 240 g/mol. The van der Waals surface area contributed by atoms with Crippen molar-refractivity contribution in [2.75, 3.05) is 18.1 Å². The van der Waals surface area contributed by atoms with Gasteiger partial charge in [-0.2, -0.15) is 11.8 Å². The van der Waals surface area contributed by atoms with Gasteiger partial charge >= 0.3 is 0 Å². The topological polar surface area (TPSA) is 42.0 Å². The lowest BCUT2D eigenvalue weighted by Gasteiger charge is -2.22. The van der Waals surface area contributed by atoms with E-state index < -0.39 is 5.82 Å². The number of ketones is 1. The number of carbonyl (C=O) groups is 1. The van der Waals surface area contributed by atoms with Crippen LogP contribution in [0.15, 0.2) is 18.5 Å². The summed E-state index contributed by atoms with van der Waals surface area (Å²) in [4.78, 5) is 15.5. The van der Waals surface area contributed by atoms with Crippen LogP contribution in [0.3, 0.4) is 0 Å². The number of nitrogens with zero attached hydrogens (tertiary/aromatic N) is 1. The Balaban J connectivity index is 1.97. The third kappa shape index (κ3) is 3.02. The SMILES string of the molecule is O=C(CC1CSCCN1)c1cncc(F)c1. The quantitative estimate of drug-likeness (QED) is 0.813. The van der Waals surface area contributed by atoms with Crippen LogP contribution in [0.4, 0.5) is 4.39 Å². The van der Waals surface area contributed by atoms with E-state index in [0.717, 1.165) is 24.2 Å². The summed E-state index contributed by atoms with van der Waals surface area (Å²) in [5.41, 5.74) is 0.359. The molecule has 0 radical (unpaired) electrons. The van der Waals surface area contributed by atoms with E-state index in [2.05, 4.69) is 10.3 Å². The minimum Gasteiger partial charge on any atom is -0.312 e. The molecule has 1 N–H and O–H groups in total. The Hall–Kier alpha value is -0.940. The van der Waals surface area contributed by atoms with E-state index in [9.17, 15) is 9.18 Å². The maximum atomic E-state index is 12.9. The lowest BCUT2D eigenvalue weighted by atomic mass is 10.1. The first kappa shape index (κ1) is 11.5. The first-order valence-electron chi connectivity index (χ1n) is 5.20. The molecule has 0 amide bonds. The summed E-state index contributed by atoms with van der Waals surface area (Å²) in [5, 5.41) is 3.28. The van der Waals surface area contributed by atoms with Gasteiger partial charge in [0.2, 0.25) is 0 Å². The Morgan fingerprint density at radius 3 is 3.19 bits per heavy atom. The molecule has 2 rings (SSSR count). The zero-order valence-corrected chi connectivity index (χ0v) is 9.60. The van der Waals surface area contributed by atoms with Crippen molar-refractivity contribution >= 4 is 17.5 Å². The lowest BCUT2D eigenvalue weighted by molar-refractivity contribution is 0.0971. The van der Waals surface area contributed by atoms with Gasteiger partial charge in [0, 0.05) is 42.3 Å². The minimum absolute atomic E-state index is 0.0491. The number of rotatable bonds is 3. The molecule has 1 fully saturated rings. The van der Waals surface area contributed by atoms with Crippen LogP contribution in [-0.2, 0) is 0 Å². The van der Waals surface area contributed by atoms with Gasteiger partial charge < -0.3 is 5.32 Å². The van der Waals surface area contributed by atoms with Crippen LogP contribution in [0, 0.1) is 5.82 Å². The second-order valence-electron chi connectivity index (χ2n) is 3.75.